The van der Waals surface area contributed by atoms with Gasteiger partial charge in [-0.1, -0.05) is 23.4 Å². The summed E-state index contributed by atoms with van der Waals surface area (Å²) in [7, 11) is 0. The van der Waals surface area contributed by atoms with Crippen LogP contribution in [0.2, 0.25) is 0 Å². The van der Waals surface area contributed by atoms with Gasteiger partial charge in [0.15, 0.2) is 0 Å². The monoisotopic (exact) mass is 276 g/mol. The summed E-state index contributed by atoms with van der Waals surface area (Å²) >= 11 is 1.78. The van der Waals surface area contributed by atoms with Crippen LogP contribution in [-0.4, -0.2) is 23.4 Å². The lowest BCUT2D eigenvalue weighted by molar-refractivity contribution is 0.0917. The highest BCUT2D eigenvalue weighted by atomic mass is 32.2. The summed E-state index contributed by atoms with van der Waals surface area (Å²) in [4.78, 5) is 12.9. The Morgan fingerprint density at radius 1 is 1.37 bits per heavy atom. The van der Waals surface area contributed by atoms with E-state index in [-0.39, 0.29) is 11.7 Å². The number of amides is 1. The van der Waals surface area contributed by atoms with Crippen LogP contribution >= 0.6 is 11.8 Å². The fourth-order valence-corrected chi connectivity index (χ4v) is 2.41. The van der Waals surface area contributed by atoms with E-state index in [0.29, 0.717) is 12.2 Å². The maximum absolute atomic E-state index is 11.6. The summed E-state index contributed by atoms with van der Waals surface area (Å²) in [5.41, 5.74) is 0.713. The van der Waals surface area contributed by atoms with E-state index in [1.807, 2.05) is 18.2 Å². The van der Waals surface area contributed by atoms with Crippen LogP contribution in [0.15, 0.2) is 45.8 Å². The molecule has 19 heavy (non-hydrogen) atoms. The van der Waals surface area contributed by atoms with Gasteiger partial charge in [-0.3, -0.25) is 4.79 Å². The number of aromatic nitrogens is 1. The van der Waals surface area contributed by atoms with Crippen LogP contribution in [-0.2, 0) is 0 Å². The molecule has 4 nitrogen and oxygen atoms in total. The Morgan fingerprint density at radius 2 is 2.16 bits per heavy atom. The van der Waals surface area contributed by atoms with Crippen LogP contribution in [0.25, 0.3) is 0 Å². The molecule has 0 radical (unpaired) electrons. The van der Waals surface area contributed by atoms with Crippen molar-refractivity contribution in [2.45, 2.75) is 18.2 Å². The fraction of sp³-hybridized carbons (Fsp3) is 0.286. The van der Waals surface area contributed by atoms with Crippen molar-refractivity contribution >= 4 is 17.7 Å². The Balaban J connectivity index is 1.63. The molecule has 1 N–H and O–H groups in total. The van der Waals surface area contributed by atoms with Gasteiger partial charge in [0, 0.05) is 17.5 Å². The molecule has 0 aliphatic heterocycles. The Labute approximate surface area is 116 Å². The average molecular weight is 276 g/mol. The van der Waals surface area contributed by atoms with Crippen molar-refractivity contribution in [1.82, 2.24) is 10.5 Å². The lowest BCUT2D eigenvalue weighted by atomic mass is 10.3. The minimum atomic E-state index is -0.203. The Hall–Kier alpha value is -1.75. The van der Waals surface area contributed by atoms with Gasteiger partial charge in [-0.05, 0) is 31.2 Å². The van der Waals surface area contributed by atoms with Crippen molar-refractivity contribution in [2.24, 2.45) is 0 Å². The quantitative estimate of drug-likeness (QED) is 0.651. The maximum atomic E-state index is 11.6. The molecule has 1 amide bonds. The van der Waals surface area contributed by atoms with E-state index in [9.17, 15) is 4.79 Å². The Kier molecular flexibility index (Phi) is 5.03. The van der Waals surface area contributed by atoms with Crippen molar-refractivity contribution in [3.8, 4) is 0 Å². The molecule has 5 heteroatoms. The molecular formula is C14H16N2O2S. The van der Waals surface area contributed by atoms with Crippen LogP contribution in [0, 0.1) is 6.92 Å². The van der Waals surface area contributed by atoms with Gasteiger partial charge >= 0.3 is 0 Å². The summed E-state index contributed by atoms with van der Waals surface area (Å²) in [5, 5.41) is 6.49. The predicted molar refractivity (Wildman–Crippen MR) is 75.4 cm³/mol. The van der Waals surface area contributed by atoms with Crippen molar-refractivity contribution in [1.29, 1.82) is 0 Å². The number of rotatable bonds is 6. The molecule has 0 bridgehead atoms. The van der Waals surface area contributed by atoms with Crippen molar-refractivity contribution in [3.05, 3.63) is 47.9 Å². The zero-order chi connectivity index (χ0) is 13.5. The fourth-order valence-electron chi connectivity index (χ4n) is 1.54. The topological polar surface area (TPSA) is 55.1 Å². The molecule has 100 valence electrons. The molecule has 0 atom stereocenters. The number of hydrogen-bond acceptors (Lipinski definition) is 4. The van der Waals surface area contributed by atoms with Crippen molar-refractivity contribution < 1.29 is 9.32 Å². The number of aryl methyl sites for hydroxylation is 1. The van der Waals surface area contributed by atoms with Gasteiger partial charge < -0.3 is 9.84 Å². The first-order valence-electron chi connectivity index (χ1n) is 6.15. The predicted octanol–water partition coefficient (Wildman–Crippen LogP) is 2.90. The van der Waals surface area contributed by atoms with Crippen LogP contribution in [0.3, 0.4) is 0 Å². The molecule has 0 aliphatic rings. The third kappa shape index (κ3) is 4.44. The second-order valence-corrected chi connectivity index (χ2v) is 5.27. The molecule has 2 aromatic rings. The molecule has 0 saturated heterocycles. The summed E-state index contributed by atoms with van der Waals surface area (Å²) in [6.07, 6.45) is 0.915. The van der Waals surface area contributed by atoms with Gasteiger partial charge in [0.2, 0.25) is 5.76 Å². The van der Waals surface area contributed by atoms with Gasteiger partial charge in [0.05, 0.1) is 5.69 Å². The lowest BCUT2D eigenvalue weighted by Crippen LogP contribution is -2.24. The van der Waals surface area contributed by atoms with E-state index in [1.165, 1.54) is 4.90 Å². The zero-order valence-corrected chi connectivity index (χ0v) is 11.6. The number of carbonyl (C=O) groups excluding carboxylic acids is 1. The maximum Gasteiger partial charge on any atom is 0.289 e. The molecule has 2 rings (SSSR count). The minimum Gasteiger partial charge on any atom is -0.351 e. The standard InChI is InChI=1S/C14H16N2O2S/c1-11-10-13(18-16-11)14(17)15-8-5-9-19-12-6-3-2-4-7-12/h2-4,6-7,10H,5,8-9H2,1H3,(H,15,17). The first-order chi connectivity index (χ1) is 9.25. The molecular weight excluding hydrogens is 260 g/mol. The Bertz CT molecular complexity index is 525. The second-order valence-electron chi connectivity index (χ2n) is 4.10. The van der Waals surface area contributed by atoms with Crippen LogP contribution in [0.1, 0.15) is 22.7 Å². The number of hydrogen-bond donors (Lipinski definition) is 1. The van der Waals surface area contributed by atoms with Gasteiger partial charge in [0.25, 0.3) is 5.91 Å². The number of benzene rings is 1. The van der Waals surface area contributed by atoms with Gasteiger partial charge in [-0.2, -0.15) is 0 Å². The SMILES string of the molecule is Cc1cc(C(=O)NCCCSc2ccccc2)on1. The van der Waals surface area contributed by atoms with Gasteiger partial charge in [0.1, 0.15) is 0 Å². The highest BCUT2D eigenvalue weighted by molar-refractivity contribution is 7.99. The largest absolute Gasteiger partial charge is 0.351 e. The first-order valence-corrected chi connectivity index (χ1v) is 7.13. The average Bonchev–Trinajstić information content (AvgIpc) is 2.86. The van der Waals surface area contributed by atoms with Gasteiger partial charge in [-0.25, -0.2) is 0 Å². The normalized spacial score (nSPS) is 10.4. The smallest absolute Gasteiger partial charge is 0.289 e. The van der Waals surface area contributed by atoms with E-state index in [4.69, 9.17) is 4.52 Å². The number of thioether (sulfide) groups is 1. The van der Waals surface area contributed by atoms with E-state index < -0.39 is 0 Å². The summed E-state index contributed by atoms with van der Waals surface area (Å²) < 4.78 is 4.89. The molecule has 0 unspecified atom stereocenters. The lowest BCUT2D eigenvalue weighted by Gasteiger charge is -2.03. The number of nitrogens with zero attached hydrogens (tertiary/aromatic N) is 1. The first kappa shape index (κ1) is 13.7. The number of carbonyl (C=O) groups is 1. The summed E-state index contributed by atoms with van der Waals surface area (Å²) in [5.74, 6) is 1.04. The van der Waals surface area contributed by atoms with Crippen LogP contribution < -0.4 is 5.32 Å². The van der Waals surface area contributed by atoms with E-state index in [2.05, 4.69) is 22.6 Å². The van der Waals surface area contributed by atoms with E-state index >= 15 is 0 Å². The third-order valence-electron chi connectivity index (χ3n) is 2.47. The summed E-state index contributed by atoms with van der Waals surface area (Å²) in [6.45, 7) is 2.43. The second kappa shape index (κ2) is 6.99. The van der Waals surface area contributed by atoms with Crippen LogP contribution in [0.5, 0.6) is 0 Å². The summed E-state index contributed by atoms with van der Waals surface area (Å²) in [6, 6.07) is 11.9. The minimum absolute atomic E-state index is 0.203. The highest BCUT2D eigenvalue weighted by Crippen LogP contribution is 2.17. The van der Waals surface area contributed by atoms with Crippen molar-refractivity contribution in [3.63, 3.8) is 0 Å². The molecule has 0 aliphatic carbocycles. The van der Waals surface area contributed by atoms with Crippen LogP contribution in [0.4, 0.5) is 0 Å². The Morgan fingerprint density at radius 3 is 2.84 bits per heavy atom. The molecule has 0 spiro atoms. The van der Waals surface area contributed by atoms with E-state index in [0.717, 1.165) is 12.2 Å². The van der Waals surface area contributed by atoms with Gasteiger partial charge in [-0.15, -0.1) is 11.8 Å². The molecule has 0 saturated carbocycles. The number of nitrogens with one attached hydrogen (secondary N) is 1. The van der Waals surface area contributed by atoms with Crippen molar-refractivity contribution in [2.75, 3.05) is 12.3 Å². The van der Waals surface area contributed by atoms with E-state index in [1.54, 1.807) is 24.8 Å². The zero-order valence-electron chi connectivity index (χ0n) is 10.8. The molecule has 1 heterocycles. The molecule has 1 aromatic carbocycles. The molecule has 1 aromatic heterocycles. The molecule has 0 fully saturated rings. The third-order valence-corrected chi connectivity index (χ3v) is 3.57. The highest BCUT2D eigenvalue weighted by Gasteiger charge is 2.10.